The van der Waals surface area contributed by atoms with Crippen LogP contribution in [0, 0.1) is 5.41 Å². The van der Waals surface area contributed by atoms with E-state index >= 15 is 0 Å². The van der Waals surface area contributed by atoms with Gasteiger partial charge in [0.25, 0.3) is 5.91 Å². The quantitative estimate of drug-likeness (QED) is 0.894. The molecule has 5 heteroatoms. The average molecular weight is 304 g/mol. The number of hydrogen-bond acceptors (Lipinski definition) is 2. The molecule has 0 aliphatic heterocycles. The minimum Gasteiger partial charge on any atom is -0.391 e. The van der Waals surface area contributed by atoms with Gasteiger partial charge in [0.1, 0.15) is 0 Å². The third-order valence-corrected chi connectivity index (χ3v) is 3.17. The fraction of sp³-hybridized carbons (Fsp3) is 0.500. The zero-order valence-electron chi connectivity index (χ0n) is 11.3. The number of rotatable bonds is 4. The van der Waals surface area contributed by atoms with Crippen molar-refractivity contribution in [2.24, 2.45) is 5.41 Å². The predicted molar refractivity (Wildman–Crippen MR) is 78.9 cm³/mol. The Morgan fingerprint density at radius 2 is 1.84 bits per heavy atom. The smallest absolute Gasteiger partial charge is 0.254 e. The fourth-order valence-corrected chi connectivity index (χ4v) is 2.36. The van der Waals surface area contributed by atoms with Crippen molar-refractivity contribution in [1.82, 2.24) is 5.32 Å². The Kier molecular flexibility index (Phi) is 5.65. The second-order valence-corrected chi connectivity index (χ2v) is 6.54. The Morgan fingerprint density at radius 3 is 2.32 bits per heavy atom. The molecule has 0 aromatic heterocycles. The summed E-state index contributed by atoms with van der Waals surface area (Å²) >= 11 is 11.9. The summed E-state index contributed by atoms with van der Waals surface area (Å²) in [6.45, 7) is 6.27. The molecule has 1 aromatic carbocycles. The van der Waals surface area contributed by atoms with Gasteiger partial charge in [-0.05, 0) is 24.0 Å². The molecule has 0 saturated carbocycles. The largest absolute Gasteiger partial charge is 0.391 e. The van der Waals surface area contributed by atoms with Gasteiger partial charge in [-0.15, -0.1) is 0 Å². The molecule has 2 N–H and O–H groups in total. The van der Waals surface area contributed by atoms with E-state index in [1.54, 1.807) is 18.2 Å². The molecule has 3 nitrogen and oxygen atoms in total. The molecule has 19 heavy (non-hydrogen) atoms. The van der Waals surface area contributed by atoms with Gasteiger partial charge in [0.2, 0.25) is 0 Å². The van der Waals surface area contributed by atoms with Gasteiger partial charge >= 0.3 is 0 Å². The fourth-order valence-electron chi connectivity index (χ4n) is 1.79. The molecule has 0 fully saturated rings. The molecule has 1 atom stereocenters. The predicted octanol–water partition coefficient (Wildman–Crippen LogP) is 3.52. The van der Waals surface area contributed by atoms with E-state index < -0.39 is 6.10 Å². The van der Waals surface area contributed by atoms with Gasteiger partial charge in [0, 0.05) is 6.54 Å². The van der Waals surface area contributed by atoms with Crippen LogP contribution in [0.1, 0.15) is 37.6 Å². The summed E-state index contributed by atoms with van der Waals surface area (Å²) in [6.07, 6.45) is 0.00833. The molecule has 0 bridgehead atoms. The number of halogens is 2. The highest BCUT2D eigenvalue weighted by Crippen LogP contribution is 2.24. The average Bonchev–Trinajstić information content (AvgIpc) is 2.23. The third kappa shape index (κ3) is 5.39. The van der Waals surface area contributed by atoms with Crippen LogP contribution in [0.15, 0.2) is 18.2 Å². The van der Waals surface area contributed by atoms with E-state index in [-0.39, 0.29) is 23.4 Å². The van der Waals surface area contributed by atoms with Crippen LogP contribution in [0.25, 0.3) is 0 Å². The molecule has 1 rings (SSSR count). The molecule has 0 aliphatic carbocycles. The van der Waals surface area contributed by atoms with Crippen LogP contribution in [-0.2, 0) is 0 Å². The standard InChI is InChI=1S/C14H19Cl2NO2/c1-14(2,3)7-9(18)8-17-13(19)12-10(15)5-4-6-11(12)16/h4-6,9,18H,7-8H2,1-3H3,(H,17,19). The first kappa shape index (κ1) is 16.3. The molecule has 106 valence electrons. The van der Waals surface area contributed by atoms with Crippen LogP contribution in [0.5, 0.6) is 0 Å². The van der Waals surface area contributed by atoms with Crippen LogP contribution in [-0.4, -0.2) is 23.7 Å². The van der Waals surface area contributed by atoms with Gasteiger partial charge in [-0.2, -0.15) is 0 Å². The zero-order valence-corrected chi connectivity index (χ0v) is 12.8. The molecular formula is C14H19Cl2NO2. The number of aliphatic hydroxyl groups is 1. The second-order valence-electron chi connectivity index (χ2n) is 5.73. The summed E-state index contributed by atoms with van der Waals surface area (Å²) in [5.41, 5.74) is 0.250. The Bertz CT molecular complexity index is 435. The Labute approximate surface area is 123 Å². The summed E-state index contributed by atoms with van der Waals surface area (Å²) < 4.78 is 0. The molecule has 0 spiro atoms. The number of hydrogen-bond donors (Lipinski definition) is 2. The maximum atomic E-state index is 12.0. The molecule has 0 aliphatic rings. The van der Waals surface area contributed by atoms with Gasteiger partial charge < -0.3 is 10.4 Å². The maximum Gasteiger partial charge on any atom is 0.254 e. The SMILES string of the molecule is CC(C)(C)CC(O)CNC(=O)c1c(Cl)cccc1Cl. The molecular weight excluding hydrogens is 285 g/mol. The first-order valence-corrected chi connectivity index (χ1v) is 6.86. The number of nitrogens with one attached hydrogen (secondary N) is 1. The van der Waals surface area contributed by atoms with E-state index in [1.807, 2.05) is 20.8 Å². The highest BCUT2D eigenvalue weighted by Gasteiger charge is 2.19. The first-order chi connectivity index (χ1) is 8.70. The molecule has 1 amide bonds. The van der Waals surface area contributed by atoms with Gasteiger partial charge in [-0.1, -0.05) is 50.0 Å². The lowest BCUT2D eigenvalue weighted by Crippen LogP contribution is -2.34. The molecule has 0 heterocycles. The summed E-state index contributed by atoms with van der Waals surface area (Å²) in [5, 5.41) is 13.1. The van der Waals surface area contributed by atoms with E-state index in [2.05, 4.69) is 5.32 Å². The molecule has 0 saturated heterocycles. The van der Waals surface area contributed by atoms with Crippen molar-refractivity contribution in [2.75, 3.05) is 6.54 Å². The van der Waals surface area contributed by atoms with Crippen LogP contribution in [0.2, 0.25) is 10.0 Å². The lowest BCUT2D eigenvalue weighted by atomic mass is 9.89. The topological polar surface area (TPSA) is 49.3 Å². The van der Waals surface area contributed by atoms with Crippen molar-refractivity contribution in [3.63, 3.8) is 0 Å². The summed E-state index contributed by atoms with van der Waals surface area (Å²) in [5.74, 6) is -0.372. The van der Waals surface area contributed by atoms with Crippen LogP contribution < -0.4 is 5.32 Å². The molecule has 0 radical (unpaired) electrons. The number of carbonyl (C=O) groups excluding carboxylic acids is 1. The van der Waals surface area contributed by atoms with Gasteiger partial charge in [0.15, 0.2) is 0 Å². The molecule has 1 aromatic rings. The van der Waals surface area contributed by atoms with E-state index in [0.717, 1.165) is 0 Å². The number of carbonyl (C=O) groups is 1. The normalized spacial score (nSPS) is 13.2. The third-order valence-electron chi connectivity index (χ3n) is 2.54. The number of amides is 1. The Morgan fingerprint density at radius 1 is 1.32 bits per heavy atom. The van der Waals surface area contributed by atoms with Crippen LogP contribution in [0.3, 0.4) is 0 Å². The number of benzene rings is 1. The minimum atomic E-state index is -0.592. The highest BCUT2D eigenvalue weighted by molar-refractivity contribution is 6.39. The van der Waals surface area contributed by atoms with Crippen molar-refractivity contribution in [2.45, 2.75) is 33.3 Å². The van der Waals surface area contributed by atoms with Crippen molar-refractivity contribution in [3.05, 3.63) is 33.8 Å². The minimum absolute atomic E-state index is 0.00613. The van der Waals surface area contributed by atoms with E-state index in [9.17, 15) is 9.90 Å². The first-order valence-electron chi connectivity index (χ1n) is 6.11. The van der Waals surface area contributed by atoms with Crippen molar-refractivity contribution in [1.29, 1.82) is 0 Å². The zero-order chi connectivity index (χ0) is 14.6. The Hall–Kier alpha value is -0.770. The summed E-state index contributed by atoms with van der Waals surface area (Å²) in [6, 6.07) is 4.89. The van der Waals surface area contributed by atoms with Crippen molar-refractivity contribution in [3.8, 4) is 0 Å². The maximum absolute atomic E-state index is 12.0. The van der Waals surface area contributed by atoms with E-state index in [1.165, 1.54) is 0 Å². The summed E-state index contributed by atoms with van der Waals surface area (Å²) in [7, 11) is 0. The Balaban J connectivity index is 2.61. The second kappa shape index (κ2) is 6.60. The monoisotopic (exact) mass is 303 g/mol. The van der Waals surface area contributed by atoms with E-state index in [4.69, 9.17) is 23.2 Å². The summed E-state index contributed by atoms with van der Waals surface area (Å²) in [4.78, 5) is 12.0. The van der Waals surface area contributed by atoms with Crippen LogP contribution >= 0.6 is 23.2 Å². The molecule has 1 unspecified atom stereocenters. The van der Waals surface area contributed by atoms with Crippen molar-refractivity contribution < 1.29 is 9.90 Å². The van der Waals surface area contributed by atoms with Gasteiger partial charge in [-0.25, -0.2) is 0 Å². The van der Waals surface area contributed by atoms with E-state index in [0.29, 0.717) is 16.5 Å². The number of aliphatic hydroxyl groups excluding tert-OH is 1. The van der Waals surface area contributed by atoms with Crippen molar-refractivity contribution >= 4 is 29.1 Å². The highest BCUT2D eigenvalue weighted by atomic mass is 35.5. The lowest BCUT2D eigenvalue weighted by Gasteiger charge is -2.22. The van der Waals surface area contributed by atoms with Gasteiger partial charge in [0.05, 0.1) is 21.7 Å². The lowest BCUT2D eigenvalue weighted by molar-refractivity contribution is 0.0869. The van der Waals surface area contributed by atoms with Crippen LogP contribution in [0.4, 0.5) is 0 Å². The van der Waals surface area contributed by atoms with Gasteiger partial charge in [-0.3, -0.25) is 4.79 Å².